The fourth-order valence-electron chi connectivity index (χ4n) is 2.12. The van der Waals surface area contributed by atoms with E-state index in [1.54, 1.807) is 31.2 Å². The Morgan fingerprint density at radius 1 is 1.14 bits per heavy atom. The van der Waals surface area contributed by atoms with Crippen LogP contribution >= 0.6 is 0 Å². The fourth-order valence-corrected chi connectivity index (χ4v) is 2.12. The predicted octanol–water partition coefficient (Wildman–Crippen LogP) is 3.41. The number of carbonyl (C=O) groups is 2. The van der Waals surface area contributed by atoms with Crippen molar-refractivity contribution < 1.29 is 32.2 Å². The first-order chi connectivity index (χ1) is 13.3. The van der Waals surface area contributed by atoms with E-state index in [-0.39, 0.29) is 18.8 Å². The van der Waals surface area contributed by atoms with Crippen LogP contribution in [-0.2, 0) is 15.7 Å². The molecule has 0 saturated carbocycles. The van der Waals surface area contributed by atoms with Crippen LogP contribution in [0.2, 0.25) is 0 Å². The number of hydrogen-bond acceptors (Lipinski definition) is 5. The number of nitrogens with zero attached hydrogens (tertiary/aromatic N) is 1. The summed E-state index contributed by atoms with van der Waals surface area (Å²) >= 11 is 0. The molecule has 0 heterocycles. The lowest BCUT2D eigenvalue weighted by Gasteiger charge is -2.09. The number of halogens is 3. The smallest absolute Gasteiger partial charge is 0.416 e. The standard InChI is InChI=1S/C19H17F3N2O4/c1-2-27-17(25)12-28-16-9-4-3-6-14(16)11-23-24-18(26)13-7-5-8-15(10-13)19(20,21)22/h3-11H,2,12H2,1H3,(H,24,26)/b23-11-. The Labute approximate surface area is 159 Å². The molecule has 9 heteroatoms. The number of para-hydroxylation sites is 1. The van der Waals surface area contributed by atoms with Gasteiger partial charge < -0.3 is 9.47 Å². The lowest BCUT2D eigenvalue weighted by Crippen LogP contribution is -2.19. The minimum absolute atomic E-state index is 0.182. The molecule has 0 spiro atoms. The topological polar surface area (TPSA) is 77.0 Å². The molecule has 2 aromatic rings. The third-order valence-corrected chi connectivity index (χ3v) is 3.39. The van der Waals surface area contributed by atoms with E-state index < -0.39 is 23.6 Å². The molecule has 0 aliphatic heterocycles. The summed E-state index contributed by atoms with van der Waals surface area (Å²) in [7, 11) is 0. The quantitative estimate of drug-likeness (QED) is 0.444. The molecular formula is C19H17F3N2O4. The average Bonchev–Trinajstić information content (AvgIpc) is 2.67. The van der Waals surface area contributed by atoms with Gasteiger partial charge in [-0.15, -0.1) is 0 Å². The zero-order valence-electron chi connectivity index (χ0n) is 14.8. The molecule has 1 N–H and O–H groups in total. The van der Waals surface area contributed by atoms with Gasteiger partial charge in [0.05, 0.1) is 18.4 Å². The number of benzene rings is 2. The summed E-state index contributed by atoms with van der Waals surface area (Å²) in [4.78, 5) is 23.4. The number of hydrogen-bond donors (Lipinski definition) is 1. The molecule has 28 heavy (non-hydrogen) atoms. The summed E-state index contributed by atoms with van der Waals surface area (Å²) in [5, 5.41) is 3.73. The normalized spacial score (nSPS) is 11.3. The minimum atomic E-state index is -4.55. The minimum Gasteiger partial charge on any atom is -0.481 e. The number of alkyl halides is 3. The Morgan fingerprint density at radius 2 is 1.89 bits per heavy atom. The molecular weight excluding hydrogens is 377 g/mol. The maximum atomic E-state index is 12.7. The molecule has 148 valence electrons. The van der Waals surface area contributed by atoms with Gasteiger partial charge in [0.1, 0.15) is 5.75 Å². The number of hydrazone groups is 1. The zero-order chi connectivity index (χ0) is 20.6. The van der Waals surface area contributed by atoms with Crippen LogP contribution in [0.25, 0.3) is 0 Å². The molecule has 0 fully saturated rings. The Morgan fingerprint density at radius 3 is 2.61 bits per heavy atom. The number of carbonyl (C=O) groups excluding carboxylic acids is 2. The Kier molecular flexibility index (Phi) is 7.14. The van der Waals surface area contributed by atoms with E-state index in [9.17, 15) is 22.8 Å². The highest BCUT2D eigenvalue weighted by molar-refractivity contribution is 5.95. The number of rotatable bonds is 7. The number of amides is 1. The van der Waals surface area contributed by atoms with Crippen molar-refractivity contribution in [3.63, 3.8) is 0 Å². The summed E-state index contributed by atoms with van der Waals surface area (Å²) in [5.74, 6) is -1.01. The summed E-state index contributed by atoms with van der Waals surface area (Å²) in [6.45, 7) is 1.60. The van der Waals surface area contributed by atoms with E-state index in [0.29, 0.717) is 11.3 Å². The number of nitrogens with one attached hydrogen (secondary N) is 1. The van der Waals surface area contributed by atoms with Crippen LogP contribution in [0.15, 0.2) is 53.6 Å². The van der Waals surface area contributed by atoms with Crippen molar-refractivity contribution in [2.45, 2.75) is 13.1 Å². The maximum Gasteiger partial charge on any atom is 0.416 e. The SMILES string of the molecule is CCOC(=O)COc1ccccc1/C=N\NC(=O)c1cccc(C(F)(F)F)c1. The first kappa shape index (κ1) is 20.9. The third-order valence-electron chi connectivity index (χ3n) is 3.39. The summed E-state index contributed by atoms with van der Waals surface area (Å²) in [6, 6.07) is 10.6. The lowest BCUT2D eigenvalue weighted by atomic mass is 10.1. The van der Waals surface area contributed by atoms with Crippen LogP contribution in [0.4, 0.5) is 13.2 Å². The molecule has 0 bridgehead atoms. The molecule has 1 amide bonds. The second-order valence-electron chi connectivity index (χ2n) is 5.41. The summed E-state index contributed by atoms with van der Waals surface area (Å²) in [6.07, 6.45) is -3.29. The van der Waals surface area contributed by atoms with Crippen LogP contribution in [0.3, 0.4) is 0 Å². The van der Waals surface area contributed by atoms with Gasteiger partial charge in [0, 0.05) is 11.1 Å². The molecule has 2 rings (SSSR count). The maximum absolute atomic E-state index is 12.7. The molecule has 0 aromatic heterocycles. The van der Waals surface area contributed by atoms with Gasteiger partial charge in [-0.2, -0.15) is 18.3 Å². The van der Waals surface area contributed by atoms with Crippen molar-refractivity contribution in [3.05, 3.63) is 65.2 Å². The molecule has 0 aliphatic rings. The highest BCUT2D eigenvalue weighted by Gasteiger charge is 2.30. The van der Waals surface area contributed by atoms with Crippen LogP contribution in [0.1, 0.15) is 28.4 Å². The molecule has 6 nitrogen and oxygen atoms in total. The van der Waals surface area contributed by atoms with Crippen molar-refractivity contribution in [2.24, 2.45) is 5.10 Å². The first-order valence-electron chi connectivity index (χ1n) is 8.19. The van der Waals surface area contributed by atoms with Gasteiger partial charge in [-0.1, -0.05) is 18.2 Å². The van der Waals surface area contributed by atoms with Crippen molar-refractivity contribution in [3.8, 4) is 5.75 Å². The second kappa shape index (κ2) is 9.54. The number of esters is 1. The Bertz CT molecular complexity index is 866. The van der Waals surface area contributed by atoms with E-state index >= 15 is 0 Å². The Hall–Kier alpha value is -3.36. The van der Waals surface area contributed by atoms with Crippen molar-refractivity contribution >= 4 is 18.1 Å². The fraction of sp³-hybridized carbons (Fsp3) is 0.211. The van der Waals surface area contributed by atoms with E-state index in [0.717, 1.165) is 18.2 Å². The lowest BCUT2D eigenvalue weighted by molar-refractivity contribution is -0.145. The van der Waals surface area contributed by atoms with Gasteiger partial charge in [-0.05, 0) is 37.3 Å². The molecule has 0 atom stereocenters. The zero-order valence-corrected chi connectivity index (χ0v) is 14.8. The van der Waals surface area contributed by atoms with Crippen molar-refractivity contribution in [1.29, 1.82) is 0 Å². The number of ether oxygens (including phenoxy) is 2. The highest BCUT2D eigenvalue weighted by atomic mass is 19.4. The highest BCUT2D eigenvalue weighted by Crippen LogP contribution is 2.29. The molecule has 0 aliphatic carbocycles. The van der Waals surface area contributed by atoms with E-state index in [1.165, 1.54) is 12.3 Å². The average molecular weight is 394 g/mol. The second-order valence-corrected chi connectivity index (χ2v) is 5.41. The largest absolute Gasteiger partial charge is 0.481 e. The third kappa shape index (κ3) is 6.11. The van der Waals surface area contributed by atoms with Gasteiger partial charge >= 0.3 is 12.1 Å². The van der Waals surface area contributed by atoms with Gasteiger partial charge in [0.25, 0.3) is 5.91 Å². The van der Waals surface area contributed by atoms with Crippen molar-refractivity contribution in [1.82, 2.24) is 5.43 Å². The molecule has 0 saturated heterocycles. The van der Waals surface area contributed by atoms with Gasteiger partial charge in [0.15, 0.2) is 6.61 Å². The molecule has 0 unspecified atom stereocenters. The van der Waals surface area contributed by atoms with E-state index in [4.69, 9.17) is 9.47 Å². The van der Waals surface area contributed by atoms with Gasteiger partial charge in [-0.25, -0.2) is 10.2 Å². The summed E-state index contributed by atoms with van der Waals surface area (Å²) in [5.41, 5.74) is 1.50. The van der Waals surface area contributed by atoms with Crippen LogP contribution in [-0.4, -0.2) is 31.3 Å². The van der Waals surface area contributed by atoms with Crippen LogP contribution < -0.4 is 10.2 Å². The first-order valence-corrected chi connectivity index (χ1v) is 8.19. The monoisotopic (exact) mass is 394 g/mol. The predicted molar refractivity (Wildman–Crippen MR) is 95.1 cm³/mol. The van der Waals surface area contributed by atoms with Gasteiger partial charge in [-0.3, -0.25) is 4.79 Å². The van der Waals surface area contributed by atoms with Crippen LogP contribution in [0, 0.1) is 0 Å². The van der Waals surface area contributed by atoms with Gasteiger partial charge in [0.2, 0.25) is 0 Å². The van der Waals surface area contributed by atoms with E-state index in [1.807, 2.05) is 0 Å². The van der Waals surface area contributed by atoms with Crippen LogP contribution in [0.5, 0.6) is 5.75 Å². The molecule has 2 aromatic carbocycles. The summed E-state index contributed by atoms with van der Waals surface area (Å²) < 4.78 is 48.3. The molecule has 0 radical (unpaired) electrons. The van der Waals surface area contributed by atoms with Crippen molar-refractivity contribution in [2.75, 3.05) is 13.2 Å². The van der Waals surface area contributed by atoms with E-state index in [2.05, 4.69) is 10.5 Å². The Balaban J connectivity index is 2.03.